The molecule has 1 unspecified atom stereocenters. The van der Waals surface area contributed by atoms with Gasteiger partial charge in [0.15, 0.2) is 0 Å². The summed E-state index contributed by atoms with van der Waals surface area (Å²) < 4.78 is 0. The van der Waals surface area contributed by atoms with Crippen molar-refractivity contribution >= 4 is 34.7 Å². The molecule has 0 aromatic heterocycles. The van der Waals surface area contributed by atoms with Crippen molar-refractivity contribution in [2.24, 2.45) is 5.92 Å². The molecular weight excluding hydrogens is 342 g/mol. The molecule has 3 fully saturated rings. The van der Waals surface area contributed by atoms with E-state index in [1.54, 1.807) is 4.90 Å². The van der Waals surface area contributed by atoms with Gasteiger partial charge in [0, 0.05) is 25.6 Å². The fraction of sp³-hybridized carbons (Fsp3) is 0.765. The Morgan fingerprint density at radius 2 is 1.84 bits per heavy atom. The predicted molar refractivity (Wildman–Crippen MR) is 93.9 cm³/mol. The maximum Gasteiger partial charge on any atom is 0.288 e. The lowest BCUT2D eigenvalue weighted by molar-refractivity contribution is -0.142. The molecule has 0 aromatic carbocycles. The number of nitrogens with one attached hydrogen (secondary N) is 1. The average molecular weight is 367 g/mol. The Morgan fingerprint density at radius 1 is 1.08 bits per heavy atom. The van der Waals surface area contributed by atoms with Crippen LogP contribution in [0, 0.1) is 5.92 Å². The van der Waals surface area contributed by atoms with Crippen molar-refractivity contribution in [2.75, 3.05) is 25.4 Å². The zero-order valence-corrected chi connectivity index (χ0v) is 15.2. The van der Waals surface area contributed by atoms with Crippen molar-refractivity contribution in [3.8, 4) is 0 Å². The minimum Gasteiger partial charge on any atom is -0.353 e. The molecule has 25 heavy (non-hydrogen) atoms. The van der Waals surface area contributed by atoms with E-state index in [1.807, 2.05) is 0 Å². The molecule has 3 aliphatic rings. The second kappa shape index (κ2) is 8.21. The first-order chi connectivity index (χ1) is 12.1. The minimum atomic E-state index is -0.409. The number of hydrogen-bond donors (Lipinski definition) is 1. The highest BCUT2D eigenvalue weighted by molar-refractivity contribution is 8.14. The average Bonchev–Trinajstić information content (AvgIpc) is 3.23. The van der Waals surface area contributed by atoms with E-state index in [0.29, 0.717) is 13.0 Å². The van der Waals surface area contributed by atoms with Gasteiger partial charge in [0.25, 0.3) is 5.24 Å². The monoisotopic (exact) mass is 367 g/mol. The van der Waals surface area contributed by atoms with Crippen LogP contribution in [0.3, 0.4) is 0 Å². The van der Waals surface area contributed by atoms with E-state index in [1.165, 1.54) is 11.3 Å². The molecule has 4 amide bonds. The van der Waals surface area contributed by atoms with Crippen LogP contribution >= 0.6 is 11.8 Å². The van der Waals surface area contributed by atoms with Gasteiger partial charge in [-0.05, 0) is 25.7 Å². The van der Waals surface area contributed by atoms with Crippen LogP contribution in [0.5, 0.6) is 0 Å². The van der Waals surface area contributed by atoms with Gasteiger partial charge in [-0.15, -0.1) is 0 Å². The molecule has 0 spiro atoms. The Hall–Kier alpha value is -1.57. The van der Waals surface area contributed by atoms with Gasteiger partial charge in [-0.1, -0.05) is 31.0 Å². The summed E-state index contributed by atoms with van der Waals surface area (Å²) in [4.78, 5) is 51.2. The summed E-state index contributed by atoms with van der Waals surface area (Å²) >= 11 is 0.990. The molecule has 8 heteroatoms. The Bertz CT molecular complexity index is 546. The second-order valence-corrected chi connectivity index (χ2v) is 7.84. The Kier molecular flexibility index (Phi) is 5.98. The van der Waals surface area contributed by atoms with Crippen LogP contribution in [0.25, 0.3) is 0 Å². The number of carbonyl (C=O) groups excluding carboxylic acids is 4. The number of thioether (sulfide) groups is 1. The number of rotatable bonds is 5. The first-order valence-electron chi connectivity index (χ1n) is 9.13. The van der Waals surface area contributed by atoms with Crippen molar-refractivity contribution < 1.29 is 19.2 Å². The SMILES string of the molecule is O=C(NCCN1C(=O)CSC1=O)C1CCCN1C(=O)C1CCCCC1. The molecule has 3 rings (SSSR count). The zero-order valence-electron chi connectivity index (χ0n) is 14.4. The molecule has 2 saturated heterocycles. The van der Waals surface area contributed by atoms with Crippen LogP contribution in [0.15, 0.2) is 0 Å². The minimum absolute atomic E-state index is 0.0685. The normalized spacial score (nSPS) is 24.9. The maximum absolute atomic E-state index is 12.7. The van der Waals surface area contributed by atoms with Gasteiger partial charge in [-0.2, -0.15) is 0 Å². The van der Waals surface area contributed by atoms with Crippen LogP contribution in [0.1, 0.15) is 44.9 Å². The lowest BCUT2D eigenvalue weighted by Gasteiger charge is -2.30. The van der Waals surface area contributed by atoms with Crippen LogP contribution in [-0.4, -0.2) is 64.2 Å². The van der Waals surface area contributed by atoms with E-state index in [0.717, 1.165) is 43.9 Å². The number of amides is 4. The molecule has 2 heterocycles. The van der Waals surface area contributed by atoms with Gasteiger partial charge >= 0.3 is 0 Å². The maximum atomic E-state index is 12.7. The first kappa shape index (κ1) is 18.2. The van der Waals surface area contributed by atoms with Crippen LogP contribution in [-0.2, 0) is 14.4 Å². The van der Waals surface area contributed by atoms with Gasteiger partial charge in [-0.3, -0.25) is 24.1 Å². The van der Waals surface area contributed by atoms with E-state index in [4.69, 9.17) is 0 Å². The quantitative estimate of drug-likeness (QED) is 0.793. The van der Waals surface area contributed by atoms with Gasteiger partial charge in [0.2, 0.25) is 17.7 Å². The van der Waals surface area contributed by atoms with E-state index in [9.17, 15) is 19.2 Å². The summed E-state index contributed by atoms with van der Waals surface area (Å²) in [5.41, 5.74) is 0. The molecule has 1 saturated carbocycles. The predicted octanol–water partition coefficient (Wildman–Crippen LogP) is 1.37. The lowest BCUT2D eigenvalue weighted by atomic mass is 9.88. The van der Waals surface area contributed by atoms with E-state index in [2.05, 4.69) is 5.32 Å². The highest BCUT2D eigenvalue weighted by atomic mass is 32.2. The number of carbonyl (C=O) groups is 4. The summed E-state index contributed by atoms with van der Waals surface area (Å²) in [5, 5.41) is 2.54. The van der Waals surface area contributed by atoms with Gasteiger partial charge < -0.3 is 10.2 Å². The largest absolute Gasteiger partial charge is 0.353 e. The number of nitrogens with zero attached hydrogens (tertiary/aromatic N) is 2. The molecule has 138 valence electrons. The van der Waals surface area contributed by atoms with Gasteiger partial charge in [0.1, 0.15) is 6.04 Å². The first-order valence-corrected chi connectivity index (χ1v) is 10.1. The fourth-order valence-electron chi connectivity index (χ4n) is 3.89. The molecule has 0 bridgehead atoms. The molecular formula is C17H25N3O4S. The Morgan fingerprint density at radius 3 is 2.52 bits per heavy atom. The number of imide groups is 1. The van der Waals surface area contributed by atoms with Crippen molar-refractivity contribution in [1.82, 2.24) is 15.1 Å². The summed E-state index contributed by atoms with van der Waals surface area (Å²) in [5.74, 6) is -0.00991. The van der Waals surface area contributed by atoms with E-state index < -0.39 is 6.04 Å². The molecule has 1 N–H and O–H groups in total. The Labute approximate surface area is 151 Å². The smallest absolute Gasteiger partial charge is 0.288 e. The van der Waals surface area contributed by atoms with Crippen molar-refractivity contribution in [3.05, 3.63) is 0 Å². The molecule has 1 atom stereocenters. The molecule has 1 aliphatic carbocycles. The zero-order chi connectivity index (χ0) is 17.8. The van der Waals surface area contributed by atoms with E-state index in [-0.39, 0.29) is 47.7 Å². The molecule has 7 nitrogen and oxygen atoms in total. The second-order valence-electron chi connectivity index (χ2n) is 6.92. The third-order valence-corrected chi connectivity index (χ3v) is 6.13. The number of likely N-dealkylation sites (tertiary alicyclic amines) is 1. The lowest BCUT2D eigenvalue weighted by Crippen LogP contribution is -2.49. The fourth-order valence-corrected chi connectivity index (χ4v) is 4.64. The molecule has 2 aliphatic heterocycles. The Balaban J connectivity index is 1.49. The van der Waals surface area contributed by atoms with Gasteiger partial charge in [0.05, 0.1) is 5.75 Å². The molecule has 0 radical (unpaired) electrons. The standard InChI is InChI=1S/C17H25N3O4S/c21-14-11-25-17(24)20(14)10-8-18-15(22)13-7-4-9-19(13)16(23)12-5-2-1-3-6-12/h12-13H,1-11H2,(H,18,22). The molecule has 0 aromatic rings. The van der Waals surface area contributed by atoms with Crippen molar-refractivity contribution in [2.45, 2.75) is 51.0 Å². The third kappa shape index (κ3) is 4.16. The highest BCUT2D eigenvalue weighted by Crippen LogP contribution is 2.28. The number of hydrogen-bond acceptors (Lipinski definition) is 5. The summed E-state index contributed by atoms with van der Waals surface area (Å²) in [6, 6.07) is -0.409. The topological polar surface area (TPSA) is 86.8 Å². The third-order valence-electron chi connectivity index (χ3n) is 5.27. The summed E-state index contributed by atoms with van der Waals surface area (Å²) in [6.45, 7) is 1.08. The van der Waals surface area contributed by atoms with Crippen molar-refractivity contribution in [1.29, 1.82) is 0 Å². The van der Waals surface area contributed by atoms with Crippen molar-refractivity contribution in [3.63, 3.8) is 0 Å². The van der Waals surface area contributed by atoms with E-state index >= 15 is 0 Å². The van der Waals surface area contributed by atoms with Crippen LogP contribution in [0.4, 0.5) is 4.79 Å². The highest BCUT2D eigenvalue weighted by Gasteiger charge is 2.37. The van der Waals surface area contributed by atoms with Crippen LogP contribution < -0.4 is 5.32 Å². The van der Waals surface area contributed by atoms with Crippen LogP contribution in [0.2, 0.25) is 0 Å². The summed E-state index contributed by atoms with van der Waals surface area (Å²) in [6.07, 6.45) is 6.77. The van der Waals surface area contributed by atoms with Gasteiger partial charge in [-0.25, -0.2) is 0 Å². The summed E-state index contributed by atoms with van der Waals surface area (Å²) in [7, 11) is 0.